The summed E-state index contributed by atoms with van der Waals surface area (Å²) in [5.41, 5.74) is 2.79. The number of benzene rings is 2. The smallest absolute Gasteiger partial charge is 0.253 e. The normalized spacial score (nSPS) is 12.0. The van der Waals surface area contributed by atoms with Crippen LogP contribution in [0.1, 0.15) is 13.3 Å². The van der Waals surface area contributed by atoms with Gasteiger partial charge in [-0.2, -0.15) is 0 Å². The van der Waals surface area contributed by atoms with Gasteiger partial charge in [0.1, 0.15) is 11.1 Å². The second-order valence-electron chi connectivity index (χ2n) is 5.64. The Balaban J connectivity index is 1.65. The fourth-order valence-corrected chi connectivity index (χ4v) is 3.31. The van der Waals surface area contributed by atoms with E-state index in [9.17, 15) is 4.79 Å². The predicted molar refractivity (Wildman–Crippen MR) is 104 cm³/mol. The minimum atomic E-state index is -0.496. The molecule has 0 saturated heterocycles. The molecule has 2 aromatic carbocycles. The molecule has 0 saturated carbocycles. The van der Waals surface area contributed by atoms with Gasteiger partial charge < -0.3 is 10.1 Å². The lowest BCUT2D eigenvalue weighted by Gasteiger charge is -2.13. The minimum Gasteiger partial charge on any atom is -0.368 e. The molecule has 0 aliphatic rings. The van der Waals surface area contributed by atoms with Crippen molar-refractivity contribution in [3.05, 3.63) is 61.2 Å². The van der Waals surface area contributed by atoms with Crippen molar-refractivity contribution in [2.75, 3.05) is 11.9 Å². The van der Waals surface area contributed by atoms with Crippen LogP contribution in [0.3, 0.4) is 0 Å². The summed E-state index contributed by atoms with van der Waals surface area (Å²) in [5, 5.41) is 3.84. The Morgan fingerprint density at radius 2 is 2.04 bits per heavy atom. The highest BCUT2D eigenvalue weighted by atomic mass is 32.1. The summed E-state index contributed by atoms with van der Waals surface area (Å²) in [7, 11) is 0. The average molecular weight is 352 g/mol. The van der Waals surface area contributed by atoms with Gasteiger partial charge >= 0.3 is 0 Å². The Hall–Kier alpha value is -2.50. The van der Waals surface area contributed by atoms with E-state index in [0.29, 0.717) is 6.61 Å². The van der Waals surface area contributed by atoms with Gasteiger partial charge in [0.15, 0.2) is 0 Å². The van der Waals surface area contributed by atoms with Gasteiger partial charge in [0.25, 0.3) is 5.91 Å². The molecule has 1 N–H and O–H groups in total. The highest BCUT2D eigenvalue weighted by Gasteiger charge is 2.13. The number of fused-ring (bicyclic) bond motifs is 1. The van der Waals surface area contributed by atoms with E-state index < -0.39 is 6.10 Å². The number of amides is 1. The lowest BCUT2D eigenvalue weighted by molar-refractivity contribution is -0.126. The van der Waals surface area contributed by atoms with Gasteiger partial charge in [-0.15, -0.1) is 17.9 Å². The Kier molecular flexibility index (Phi) is 5.58. The molecule has 0 radical (unpaired) electrons. The molecule has 0 bridgehead atoms. The Morgan fingerprint density at radius 1 is 1.28 bits per heavy atom. The third-order valence-electron chi connectivity index (χ3n) is 3.75. The number of aromatic nitrogens is 1. The summed E-state index contributed by atoms with van der Waals surface area (Å²) in [6, 6.07) is 15.8. The second-order valence-corrected chi connectivity index (χ2v) is 6.67. The molecule has 0 aliphatic carbocycles. The molecule has 1 heterocycles. The standard InChI is InChI=1S/C20H20N2O2S/c1-3-4-13-24-14(2)19(23)21-16-11-9-15(10-12-16)20-22-17-7-5-6-8-18(17)25-20/h3,5-12,14H,1,4,13H2,2H3,(H,21,23). The summed E-state index contributed by atoms with van der Waals surface area (Å²) in [4.78, 5) is 16.8. The summed E-state index contributed by atoms with van der Waals surface area (Å²) in [6.45, 7) is 5.87. The number of thiazole rings is 1. The molecule has 1 aromatic heterocycles. The second kappa shape index (κ2) is 8.05. The number of para-hydroxylation sites is 1. The lowest BCUT2D eigenvalue weighted by Crippen LogP contribution is -2.27. The van der Waals surface area contributed by atoms with Crippen LogP contribution in [0.25, 0.3) is 20.8 Å². The van der Waals surface area contributed by atoms with Crippen LogP contribution < -0.4 is 5.32 Å². The first-order valence-corrected chi connectivity index (χ1v) is 8.98. The van der Waals surface area contributed by atoms with Gasteiger partial charge in [-0.25, -0.2) is 4.98 Å². The summed E-state index contributed by atoms with van der Waals surface area (Å²) in [5.74, 6) is -0.156. The van der Waals surface area contributed by atoms with Crippen molar-refractivity contribution in [3.63, 3.8) is 0 Å². The Labute approximate surface area is 151 Å². The number of nitrogens with zero attached hydrogens (tertiary/aromatic N) is 1. The third kappa shape index (κ3) is 4.32. The number of rotatable bonds is 7. The molecule has 3 rings (SSSR count). The van der Waals surface area contributed by atoms with E-state index in [1.54, 1.807) is 24.3 Å². The van der Waals surface area contributed by atoms with Crippen molar-refractivity contribution >= 4 is 33.1 Å². The summed E-state index contributed by atoms with van der Waals surface area (Å²) in [6.07, 6.45) is 2.00. The van der Waals surface area contributed by atoms with Gasteiger partial charge in [0.05, 0.1) is 16.8 Å². The quantitative estimate of drug-likeness (QED) is 0.487. The molecule has 0 spiro atoms. The van der Waals surface area contributed by atoms with E-state index >= 15 is 0 Å². The number of carbonyl (C=O) groups excluding carboxylic acids is 1. The van der Waals surface area contributed by atoms with Crippen molar-refractivity contribution in [3.8, 4) is 10.6 Å². The van der Waals surface area contributed by atoms with Crippen LogP contribution in [0.4, 0.5) is 5.69 Å². The maximum atomic E-state index is 12.1. The summed E-state index contributed by atoms with van der Waals surface area (Å²) >= 11 is 1.66. The van der Waals surface area contributed by atoms with Gasteiger partial charge in [0, 0.05) is 11.3 Å². The van der Waals surface area contributed by atoms with Gasteiger partial charge in [-0.1, -0.05) is 18.2 Å². The Morgan fingerprint density at radius 3 is 2.76 bits per heavy atom. The molecule has 0 fully saturated rings. The number of anilines is 1. The van der Waals surface area contributed by atoms with Gasteiger partial charge in [0.2, 0.25) is 0 Å². The van der Waals surface area contributed by atoms with Crippen molar-refractivity contribution in [1.82, 2.24) is 4.98 Å². The van der Waals surface area contributed by atoms with Crippen molar-refractivity contribution in [2.24, 2.45) is 0 Å². The molecule has 1 unspecified atom stereocenters. The number of hydrogen-bond acceptors (Lipinski definition) is 4. The van der Waals surface area contributed by atoms with Crippen LogP contribution in [-0.2, 0) is 9.53 Å². The zero-order valence-corrected chi connectivity index (χ0v) is 14.9. The van der Waals surface area contributed by atoms with Crippen molar-refractivity contribution in [1.29, 1.82) is 0 Å². The molecule has 4 nitrogen and oxygen atoms in total. The van der Waals surface area contributed by atoms with E-state index in [1.807, 2.05) is 42.5 Å². The molecule has 1 amide bonds. The molecule has 3 aromatic rings. The number of hydrogen-bond donors (Lipinski definition) is 1. The van der Waals surface area contributed by atoms with E-state index in [4.69, 9.17) is 4.74 Å². The molecule has 25 heavy (non-hydrogen) atoms. The number of nitrogens with one attached hydrogen (secondary N) is 1. The first kappa shape index (κ1) is 17.3. The third-order valence-corrected chi connectivity index (χ3v) is 4.84. The van der Waals surface area contributed by atoms with Crippen LogP contribution in [0.15, 0.2) is 61.2 Å². The predicted octanol–water partition coefficient (Wildman–Crippen LogP) is 4.88. The van der Waals surface area contributed by atoms with Crippen molar-refractivity contribution < 1.29 is 9.53 Å². The lowest BCUT2D eigenvalue weighted by atomic mass is 10.2. The maximum Gasteiger partial charge on any atom is 0.253 e. The highest BCUT2D eigenvalue weighted by molar-refractivity contribution is 7.21. The van der Waals surface area contributed by atoms with E-state index in [2.05, 4.69) is 22.9 Å². The van der Waals surface area contributed by atoms with E-state index in [0.717, 1.165) is 28.2 Å². The van der Waals surface area contributed by atoms with Crippen LogP contribution in [0, 0.1) is 0 Å². The largest absolute Gasteiger partial charge is 0.368 e. The van der Waals surface area contributed by atoms with Gasteiger partial charge in [-0.3, -0.25) is 4.79 Å². The minimum absolute atomic E-state index is 0.156. The van der Waals surface area contributed by atoms with Crippen LogP contribution >= 0.6 is 11.3 Å². The summed E-state index contributed by atoms with van der Waals surface area (Å²) < 4.78 is 6.62. The highest BCUT2D eigenvalue weighted by Crippen LogP contribution is 2.30. The molecule has 1 atom stereocenters. The zero-order chi connectivity index (χ0) is 17.6. The van der Waals surface area contributed by atoms with Crippen LogP contribution in [-0.4, -0.2) is 23.6 Å². The molecule has 128 valence electrons. The topological polar surface area (TPSA) is 51.2 Å². The number of carbonyl (C=O) groups is 1. The van der Waals surface area contributed by atoms with Crippen molar-refractivity contribution in [2.45, 2.75) is 19.4 Å². The van der Waals surface area contributed by atoms with Gasteiger partial charge in [-0.05, 0) is 49.7 Å². The number of ether oxygens (including phenoxy) is 1. The fourth-order valence-electron chi connectivity index (χ4n) is 2.34. The average Bonchev–Trinajstić information content (AvgIpc) is 3.06. The Bertz CT molecular complexity index is 838. The molecular weight excluding hydrogens is 332 g/mol. The monoisotopic (exact) mass is 352 g/mol. The molecule has 0 aliphatic heterocycles. The zero-order valence-electron chi connectivity index (χ0n) is 14.1. The first-order valence-electron chi connectivity index (χ1n) is 8.17. The molecular formula is C20H20N2O2S. The first-order chi connectivity index (χ1) is 12.2. The fraction of sp³-hybridized carbons (Fsp3) is 0.200. The van der Waals surface area contributed by atoms with Crippen LogP contribution in [0.5, 0.6) is 0 Å². The molecule has 5 heteroatoms. The van der Waals surface area contributed by atoms with Crippen LogP contribution in [0.2, 0.25) is 0 Å². The van der Waals surface area contributed by atoms with E-state index in [-0.39, 0.29) is 5.91 Å². The maximum absolute atomic E-state index is 12.1. The SMILES string of the molecule is C=CCCOC(C)C(=O)Nc1ccc(-c2nc3ccccc3s2)cc1. The van der Waals surface area contributed by atoms with E-state index in [1.165, 1.54) is 4.70 Å².